The second-order valence-electron chi connectivity index (χ2n) is 17.1. The zero-order valence-corrected chi connectivity index (χ0v) is 31.8. The second kappa shape index (κ2) is 13.9. The minimum Gasteiger partial charge on any atom is -0.444 e. The number of benzene rings is 2. The molecule has 0 saturated carbocycles. The van der Waals surface area contributed by atoms with Gasteiger partial charge in [0.25, 0.3) is 0 Å². The monoisotopic (exact) mass is 720 g/mol. The van der Waals surface area contributed by atoms with Gasteiger partial charge in [-0.05, 0) is 105 Å². The Labute approximate surface area is 312 Å². The van der Waals surface area contributed by atoms with Gasteiger partial charge >= 0.3 is 6.09 Å². The van der Waals surface area contributed by atoms with Crippen LogP contribution >= 0.6 is 0 Å². The van der Waals surface area contributed by atoms with Gasteiger partial charge in [-0.1, -0.05) is 43.3 Å². The van der Waals surface area contributed by atoms with Gasteiger partial charge in [0.05, 0.1) is 12.0 Å². The molecule has 4 amide bonds. The van der Waals surface area contributed by atoms with Gasteiger partial charge in [0.2, 0.25) is 17.7 Å². The molecule has 2 aromatic carbocycles. The van der Waals surface area contributed by atoms with Crippen LogP contribution in [0.3, 0.4) is 0 Å². The van der Waals surface area contributed by atoms with Crippen LogP contribution < -0.4 is 10.6 Å². The summed E-state index contributed by atoms with van der Waals surface area (Å²) in [6.07, 6.45) is 6.27. The summed E-state index contributed by atoms with van der Waals surface area (Å²) in [4.78, 5) is 62.8. The van der Waals surface area contributed by atoms with E-state index in [0.717, 1.165) is 53.5 Å². The first-order chi connectivity index (χ1) is 25.1. The summed E-state index contributed by atoms with van der Waals surface area (Å²) in [5.41, 5.74) is 4.44. The maximum atomic E-state index is 13.9. The first-order valence-corrected chi connectivity index (χ1v) is 18.8. The maximum absolute atomic E-state index is 13.9. The van der Waals surface area contributed by atoms with Gasteiger partial charge in [0.1, 0.15) is 11.4 Å². The lowest BCUT2D eigenvalue weighted by Crippen LogP contribution is -2.52. The van der Waals surface area contributed by atoms with Crippen LogP contribution in [0.5, 0.6) is 0 Å². The molecular weight excluding hydrogens is 668 g/mol. The van der Waals surface area contributed by atoms with Crippen LogP contribution in [0.4, 0.5) is 16.3 Å². The molecular formula is C42H52N6O5. The number of rotatable bonds is 9. The minimum absolute atomic E-state index is 0.0303. The Morgan fingerprint density at radius 1 is 0.981 bits per heavy atom. The molecule has 3 atom stereocenters. The zero-order chi connectivity index (χ0) is 37.7. The quantitative estimate of drug-likeness (QED) is 0.276. The Morgan fingerprint density at radius 3 is 2.34 bits per heavy atom. The highest BCUT2D eigenvalue weighted by molar-refractivity contribution is 6.06. The van der Waals surface area contributed by atoms with Crippen molar-refractivity contribution >= 4 is 35.3 Å². The zero-order valence-electron chi connectivity index (χ0n) is 31.8. The van der Waals surface area contributed by atoms with Gasteiger partial charge in [0, 0.05) is 63.1 Å². The molecule has 11 heteroatoms. The van der Waals surface area contributed by atoms with Crippen molar-refractivity contribution in [3.8, 4) is 0 Å². The Bertz CT molecular complexity index is 1920. The first kappa shape index (κ1) is 36.6. The van der Waals surface area contributed by atoms with E-state index in [1.54, 1.807) is 25.1 Å². The Hall–Kier alpha value is -4.77. The van der Waals surface area contributed by atoms with Gasteiger partial charge in [-0.25, -0.2) is 9.78 Å². The molecule has 2 unspecified atom stereocenters. The number of nitrogens with one attached hydrogen (secondary N) is 2. The normalized spacial score (nSPS) is 24.2. The highest BCUT2D eigenvalue weighted by Gasteiger charge is 2.51. The van der Waals surface area contributed by atoms with Gasteiger partial charge in [0.15, 0.2) is 0 Å². The molecule has 53 heavy (non-hydrogen) atoms. The average molecular weight is 721 g/mol. The van der Waals surface area contributed by atoms with E-state index in [1.807, 2.05) is 69.3 Å². The van der Waals surface area contributed by atoms with Crippen molar-refractivity contribution in [2.24, 2.45) is 5.41 Å². The van der Waals surface area contributed by atoms with Crippen LogP contribution in [0.15, 0.2) is 60.8 Å². The topological polar surface area (TPSA) is 124 Å². The summed E-state index contributed by atoms with van der Waals surface area (Å²) < 4.78 is 5.62. The molecule has 4 aliphatic rings. The first-order valence-electron chi connectivity index (χ1n) is 18.8. The van der Waals surface area contributed by atoms with Crippen molar-refractivity contribution < 1.29 is 23.9 Å². The van der Waals surface area contributed by atoms with Crippen molar-refractivity contribution in [1.82, 2.24) is 19.7 Å². The molecule has 7 rings (SSSR count). The molecule has 2 N–H and O–H groups in total. The number of nitrogens with zero attached hydrogens (tertiary/aromatic N) is 4. The van der Waals surface area contributed by atoms with Crippen molar-refractivity contribution in [3.63, 3.8) is 0 Å². The van der Waals surface area contributed by atoms with Crippen molar-refractivity contribution in [1.29, 1.82) is 0 Å². The van der Waals surface area contributed by atoms with Crippen LogP contribution in [-0.2, 0) is 50.5 Å². The fourth-order valence-corrected chi connectivity index (χ4v) is 9.45. The average Bonchev–Trinajstić information content (AvgIpc) is 3.69. The van der Waals surface area contributed by atoms with Gasteiger partial charge < -0.3 is 25.2 Å². The van der Waals surface area contributed by atoms with E-state index < -0.39 is 17.1 Å². The Balaban J connectivity index is 1.09. The van der Waals surface area contributed by atoms with Crippen LogP contribution in [0.2, 0.25) is 0 Å². The van der Waals surface area contributed by atoms with E-state index in [-0.39, 0.29) is 41.8 Å². The van der Waals surface area contributed by atoms with Crippen molar-refractivity contribution in [2.75, 3.05) is 30.8 Å². The number of carbonyl (C=O) groups is 4. The molecule has 2 saturated heterocycles. The fraction of sp³-hybridized carbons (Fsp3) is 0.500. The number of fused-ring (bicyclic) bond motifs is 5. The molecule has 1 aromatic heterocycles. The molecule has 3 aromatic rings. The largest absolute Gasteiger partial charge is 0.444 e. The summed E-state index contributed by atoms with van der Waals surface area (Å²) in [7, 11) is 1.74. The third-order valence-corrected chi connectivity index (χ3v) is 11.5. The van der Waals surface area contributed by atoms with E-state index in [2.05, 4.69) is 38.4 Å². The van der Waals surface area contributed by atoms with Crippen LogP contribution in [0, 0.1) is 5.41 Å². The minimum atomic E-state index is -0.677. The standard InChI is InChI=1S/C42H52N6O5/c1-27(49)48-33-15-16-34(48)22-41(5,21-33)26-47(24-30-11-8-7-10-29(30)23-46(6)39(52)53-40(2,3)4)25-36(50)44-32-14-13-28-19-42(20-31(28)18-32)35-12-9-17-43-37(35)45-38(42)51/h7-14,17-18,33-34H,15-16,19-26H2,1-6H3,(H,44,50)(H,43,45,51)/t33?,34?,41?,42-/m1/s1. The summed E-state index contributed by atoms with van der Waals surface area (Å²) in [5, 5.41) is 6.13. The lowest BCUT2D eigenvalue weighted by atomic mass is 9.76. The third kappa shape index (κ3) is 7.54. The number of aromatic nitrogens is 1. The second-order valence-corrected chi connectivity index (χ2v) is 17.1. The van der Waals surface area contributed by atoms with Crippen LogP contribution in [-0.4, -0.2) is 81.3 Å². The SMILES string of the molecule is CC(=O)N1C2CCC1CC(C)(CN(CC(=O)Nc1ccc3c(c1)C[C@@]1(C3)C(=O)Nc3ncccc31)Cc1ccccc1CN(C)C(=O)OC(C)(C)C)C2. The molecule has 0 radical (unpaired) electrons. The lowest BCUT2D eigenvalue weighted by Gasteiger charge is -2.46. The number of pyridine rings is 1. The maximum Gasteiger partial charge on any atom is 0.410 e. The number of hydrogen-bond acceptors (Lipinski definition) is 7. The molecule has 3 aliphatic heterocycles. The van der Waals surface area contributed by atoms with Gasteiger partial charge in [-0.2, -0.15) is 0 Å². The number of carbonyl (C=O) groups excluding carboxylic acids is 4. The Morgan fingerprint density at radius 2 is 1.66 bits per heavy atom. The smallest absolute Gasteiger partial charge is 0.410 e. The number of ether oxygens (including phenoxy) is 1. The summed E-state index contributed by atoms with van der Waals surface area (Å²) in [6, 6.07) is 18.3. The number of amides is 4. The van der Waals surface area contributed by atoms with E-state index in [9.17, 15) is 19.2 Å². The molecule has 2 bridgehead atoms. The Kier molecular flexibility index (Phi) is 9.59. The predicted molar refractivity (Wildman–Crippen MR) is 203 cm³/mol. The molecule has 11 nitrogen and oxygen atoms in total. The molecule has 2 fully saturated rings. The molecule has 4 heterocycles. The molecule has 280 valence electrons. The van der Waals surface area contributed by atoms with E-state index in [0.29, 0.717) is 44.0 Å². The molecule has 1 spiro atoms. The highest BCUT2D eigenvalue weighted by atomic mass is 16.6. The van der Waals surface area contributed by atoms with Crippen molar-refractivity contribution in [2.45, 2.75) is 109 Å². The van der Waals surface area contributed by atoms with Crippen LogP contribution in [0.1, 0.15) is 88.1 Å². The lowest BCUT2D eigenvalue weighted by molar-refractivity contribution is -0.135. The third-order valence-electron chi connectivity index (χ3n) is 11.5. The number of anilines is 2. The highest BCUT2D eigenvalue weighted by Crippen LogP contribution is 2.48. The van der Waals surface area contributed by atoms with Gasteiger partial charge in [-0.3, -0.25) is 19.3 Å². The summed E-state index contributed by atoms with van der Waals surface area (Å²) >= 11 is 0. The van der Waals surface area contributed by atoms with Gasteiger partial charge in [-0.15, -0.1) is 0 Å². The summed E-state index contributed by atoms with van der Waals surface area (Å²) in [5.74, 6) is 0.623. The number of hydrogen-bond donors (Lipinski definition) is 2. The van der Waals surface area contributed by atoms with E-state index in [1.165, 1.54) is 0 Å². The van der Waals surface area contributed by atoms with Crippen LogP contribution in [0.25, 0.3) is 0 Å². The predicted octanol–water partition coefficient (Wildman–Crippen LogP) is 6.06. The molecule has 1 aliphatic carbocycles. The van der Waals surface area contributed by atoms with E-state index in [4.69, 9.17) is 4.74 Å². The van der Waals surface area contributed by atoms with Crippen molar-refractivity contribution in [3.05, 3.63) is 88.6 Å². The fourth-order valence-electron chi connectivity index (χ4n) is 9.45. The summed E-state index contributed by atoms with van der Waals surface area (Å²) in [6.45, 7) is 11.3. The van der Waals surface area contributed by atoms with E-state index >= 15 is 0 Å². The number of piperidine rings is 1.